The molecule has 0 aromatic rings. The largest absolute Gasteiger partial charge is 0.393 e. The molecule has 740 valence electrons. The fourth-order valence-electron chi connectivity index (χ4n) is 12.7. The van der Waals surface area contributed by atoms with Gasteiger partial charge < -0.3 is 92.2 Å². The van der Waals surface area contributed by atoms with Crippen molar-refractivity contribution in [3.63, 3.8) is 0 Å². The van der Waals surface area contributed by atoms with E-state index in [-0.39, 0.29) is 40.5 Å². The molecule has 4 unspecified atom stereocenters. The molecule has 0 aromatic heterocycles. The molecule has 6 fully saturated rings. The molecule has 5 saturated heterocycles. The van der Waals surface area contributed by atoms with Crippen LogP contribution in [0.5, 0.6) is 0 Å². The zero-order valence-corrected chi connectivity index (χ0v) is 87.6. The molecule has 121 heavy (non-hydrogen) atoms. The second kappa shape index (κ2) is 74.7. The van der Waals surface area contributed by atoms with Gasteiger partial charge in [0.2, 0.25) is 0 Å². The van der Waals surface area contributed by atoms with E-state index in [1.54, 1.807) is 0 Å². The molecule has 0 amide bonds. The molecule has 5 aliphatic heterocycles. The van der Waals surface area contributed by atoms with Crippen LogP contribution in [0.1, 0.15) is 359 Å². The van der Waals surface area contributed by atoms with Crippen molar-refractivity contribution in [1.29, 1.82) is 0 Å². The Kier molecular flexibility index (Phi) is 82.3. The van der Waals surface area contributed by atoms with Gasteiger partial charge in [-0.2, -0.15) is 0 Å². The number of likely N-dealkylation sites (tertiary alicyclic amines) is 4. The van der Waals surface area contributed by atoms with Gasteiger partial charge >= 0.3 is 0 Å². The van der Waals surface area contributed by atoms with E-state index in [9.17, 15) is 46.0 Å². The Morgan fingerprint density at radius 1 is 0.364 bits per heavy atom. The van der Waals surface area contributed by atoms with Crippen molar-refractivity contribution < 1.29 is 66.0 Å². The van der Waals surface area contributed by atoms with Crippen molar-refractivity contribution >= 4 is 0 Å². The zero-order chi connectivity index (χ0) is 96.1. The third-order valence-electron chi connectivity index (χ3n) is 21.5. The summed E-state index contributed by atoms with van der Waals surface area (Å²) >= 11 is 0. The van der Waals surface area contributed by atoms with Gasteiger partial charge in [0.1, 0.15) is 0 Å². The molecule has 1 aliphatic carbocycles. The molecule has 0 bridgehead atoms. The topological polar surface area (TPSA) is 322 Å². The summed E-state index contributed by atoms with van der Waals surface area (Å²) in [4.78, 5) is 13.0. The van der Waals surface area contributed by atoms with Crippen molar-refractivity contribution in [3.8, 4) is 0 Å². The normalized spacial score (nSPS) is 22.4. The van der Waals surface area contributed by atoms with E-state index >= 15 is 0 Å². The molecule has 0 spiro atoms. The zero-order valence-electron chi connectivity index (χ0n) is 87.6. The van der Waals surface area contributed by atoms with Crippen LogP contribution in [-0.4, -0.2) is 323 Å². The lowest BCUT2D eigenvalue weighted by atomic mass is 9.93. The second-order valence-corrected chi connectivity index (χ2v) is 44.0. The number of aliphatic hydroxyl groups is 12. The van der Waals surface area contributed by atoms with Gasteiger partial charge in [-0.1, -0.05) is 166 Å². The molecular weight excluding hydrogens is 1520 g/mol. The minimum atomic E-state index is -0.561. The van der Waals surface area contributed by atoms with Gasteiger partial charge in [-0.05, 0) is 306 Å². The van der Waals surface area contributed by atoms with Crippen LogP contribution < -0.4 is 16.4 Å². The van der Waals surface area contributed by atoms with Crippen molar-refractivity contribution in [2.45, 2.75) is 466 Å². The summed E-state index contributed by atoms with van der Waals surface area (Å²) in [7, 11) is 4.23. The number of ether oxygens (including phenoxy) is 1. The lowest BCUT2D eigenvalue weighted by Crippen LogP contribution is -2.40. The molecule has 22 heteroatoms. The third kappa shape index (κ3) is 88.2. The van der Waals surface area contributed by atoms with Gasteiger partial charge in [0.25, 0.3) is 0 Å². The predicted octanol–water partition coefficient (Wildman–Crippen LogP) is 15.0. The van der Waals surface area contributed by atoms with Crippen molar-refractivity contribution in [1.82, 2.24) is 40.0 Å². The fraction of sp³-hybridized carbons (Fsp3) is 1.00. The molecule has 0 aromatic carbocycles. The van der Waals surface area contributed by atoms with Gasteiger partial charge in [0.15, 0.2) is 0 Å². The molecule has 6 aliphatic rings. The molecule has 5 heterocycles. The quantitative estimate of drug-likeness (QED) is 0.0331. The minimum absolute atomic E-state index is 0.0540. The average molecular weight is 1750 g/mol. The lowest BCUT2D eigenvalue weighted by Gasteiger charge is -2.31. The molecule has 22 nitrogen and oxygen atoms in total. The summed E-state index contributed by atoms with van der Waals surface area (Å²) in [6.07, 6.45) is 13.5. The van der Waals surface area contributed by atoms with Crippen LogP contribution in [0.4, 0.5) is 0 Å². The standard InChI is InChI=1S/C9H19NO.C9H19N.C9H21N.4C8H17NO2.C7H17N.4C7H16O.C5H13N/c1-8(2)3-5-10-9-4-6-11-7-9;1-8(2)6-7-10-9-4-3-5-9;1-5-10(6-2)8-7-9(3)4;4*1-8(2,3)9-4-6(10)7(11)5-9;1-7(2)5-6-8(3)4;1-6(2)5-7(3,4)8;3*1-4-7(8)5-6(2)3;1-5(2)3-4-6/h8-10H,3-7H2,1-2H3;8-10H,3-7H2,1-2H3;9H,5-8H2,1-4H3;4*6-7,10-11H,4-5H2,1-3H3;7H,5-6H2,1-4H3;6,8H,5H2,1-4H3;3*6-8H,4-5H2,1-3H3;5H,3-4,6H2,1-2H3/t;;;6-,7+;2*6-,7-;;;;2*7-;;/m....10...10../s1. The van der Waals surface area contributed by atoms with E-state index in [0.717, 1.165) is 113 Å². The first-order valence-corrected chi connectivity index (χ1v) is 48.6. The van der Waals surface area contributed by atoms with Crippen LogP contribution in [0.2, 0.25) is 0 Å². The van der Waals surface area contributed by atoms with Crippen LogP contribution >= 0.6 is 0 Å². The molecule has 0 radical (unpaired) electrons. The molecular formula is C99H221N9O13. The van der Waals surface area contributed by atoms with Crippen LogP contribution in [0, 0.1) is 53.3 Å². The van der Waals surface area contributed by atoms with E-state index in [1.165, 1.54) is 84.1 Å². The first-order chi connectivity index (χ1) is 55.2. The van der Waals surface area contributed by atoms with Gasteiger partial charge in [-0.15, -0.1) is 0 Å². The maximum absolute atomic E-state index is 9.24. The summed E-state index contributed by atoms with van der Waals surface area (Å²) in [6.45, 7) is 93.2. The Morgan fingerprint density at radius 3 is 0.744 bits per heavy atom. The number of nitrogens with zero attached hydrogens (tertiary/aromatic N) is 6. The van der Waals surface area contributed by atoms with Gasteiger partial charge in [-0.25, -0.2) is 0 Å². The first kappa shape index (κ1) is 133. The molecule has 12 atom stereocenters. The van der Waals surface area contributed by atoms with Crippen molar-refractivity contribution in [2.75, 3.05) is 125 Å². The van der Waals surface area contributed by atoms with Crippen LogP contribution in [0.15, 0.2) is 0 Å². The maximum atomic E-state index is 9.24. The summed E-state index contributed by atoms with van der Waals surface area (Å²) in [5.74, 6) is 6.61. The fourth-order valence-corrected chi connectivity index (χ4v) is 12.7. The Balaban J connectivity index is -0.000000234. The number of nitrogens with two attached hydrogens (primary N) is 1. The summed E-state index contributed by atoms with van der Waals surface area (Å²) in [5, 5.41) is 117. The number of hydrogen-bond acceptors (Lipinski definition) is 22. The number of nitrogens with one attached hydrogen (secondary N) is 2. The number of aliphatic hydroxyl groups excluding tert-OH is 11. The van der Waals surface area contributed by atoms with E-state index in [2.05, 4.69) is 276 Å². The van der Waals surface area contributed by atoms with Crippen molar-refractivity contribution in [3.05, 3.63) is 0 Å². The number of hydrogen-bond donors (Lipinski definition) is 15. The highest BCUT2D eigenvalue weighted by Crippen LogP contribution is 2.25. The van der Waals surface area contributed by atoms with Crippen molar-refractivity contribution in [2.24, 2.45) is 59.0 Å². The molecule has 1 saturated carbocycles. The Labute approximate surface area is 752 Å². The number of rotatable bonds is 29. The third-order valence-corrected chi connectivity index (χ3v) is 21.5. The summed E-state index contributed by atoms with van der Waals surface area (Å²) in [6, 6.07) is 1.51. The minimum Gasteiger partial charge on any atom is -0.393 e. The van der Waals surface area contributed by atoms with E-state index in [4.69, 9.17) is 25.8 Å². The predicted molar refractivity (Wildman–Crippen MR) is 522 cm³/mol. The Bertz CT molecular complexity index is 1970. The highest BCUT2D eigenvalue weighted by Gasteiger charge is 2.38. The van der Waals surface area contributed by atoms with Crippen LogP contribution in [-0.2, 0) is 4.74 Å². The Hall–Kier alpha value is -0.880. The van der Waals surface area contributed by atoms with Gasteiger partial charge in [0, 0.05) is 93.2 Å². The lowest BCUT2D eigenvalue weighted by molar-refractivity contribution is 0.0572. The van der Waals surface area contributed by atoms with Gasteiger partial charge in [0.05, 0.1) is 79.4 Å². The summed E-state index contributed by atoms with van der Waals surface area (Å²) in [5.41, 5.74) is 4.97. The Morgan fingerprint density at radius 2 is 0.620 bits per heavy atom. The average Bonchev–Trinajstić information content (AvgIpc) is 1.72. The monoisotopic (exact) mass is 1740 g/mol. The van der Waals surface area contributed by atoms with E-state index < -0.39 is 54.4 Å². The highest BCUT2D eigenvalue weighted by atomic mass is 16.5. The van der Waals surface area contributed by atoms with Crippen LogP contribution in [0.25, 0.3) is 0 Å². The maximum Gasteiger partial charge on any atom is 0.0938 e. The summed E-state index contributed by atoms with van der Waals surface area (Å²) < 4.78 is 5.25. The van der Waals surface area contributed by atoms with Crippen LogP contribution in [0.3, 0.4) is 0 Å². The highest BCUT2D eigenvalue weighted by molar-refractivity contribution is 4.93. The second-order valence-electron chi connectivity index (χ2n) is 44.0. The number of β-amino-alcohol motifs (C(OH)–C–C–N with tert-alkyl or cyclic N) is 8. The molecule has 6 rings (SSSR count). The SMILES string of the molecule is CC(C)(C)N1CC(O)C(O)C1.CC(C)(C)N1C[C@@H](O)[C@@H](O)C1.CC(C)(C)N1C[C@@H](O)[C@H](O)C1.CC(C)(C)N1C[C@H](O)[C@@H](O)C1.CC(C)CC(C)(C)O.CC(C)CCN.CC(C)CCN(C)C.CC(C)CCNC1CCC1.CC(C)CCNC1CCOC1.CCC(O)CC(C)C.CCN(CC)CCC(C)C.CC[C@@H](O)CC(C)C.CC[C@H](O)CC(C)C. The van der Waals surface area contributed by atoms with E-state index in [1.807, 2.05) is 34.6 Å². The first-order valence-electron chi connectivity index (χ1n) is 48.6. The van der Waals surface area contributed by atoms with E-state index in [0.29, 0.717) is 82.1 Å². The van der Waals surface area contributed by atoms with Gasteiger partial charge in [-0.3, -0.25) is 19.6 Å². The smallest absolute Gasteiger partial charge is 0.0938 e. The molecule has 16 N–H and O–H groups in total.